The van der Waals surface area contributed by atoms with Gasteiger partial charge in [0.15, 0.2) is 5.66 Å². The highest BCUT2D eigenvalue weighted by Crippen LogP contribution is 2.48. The van der Waals surface area contributed by atoms with E-state index in [1.54, 1.807) is 18.2 Å². The second-order valence-electron chi connectivity index (χ2n) is 6.24. The van der Waals surface area contributed by atoms with Gasteiger partial charge in [0.05, 0.1) is 5.56 Å². The van der Waals surface area contributed by atoms with E-state index in [-0.39, 0.29) is 6.02 Å². The van der Waals surface area contributed by atoms with Gasteiger partial charge in [-0.1, -0.05) is 12.1 Å². The molecule has 0 saturated heterocycles. The maximum atomic E-state index is 13.0. The molecular formula is C17H16F3N3OS. The van der Waals surface area contributed by atoms with Crippen molar-refractivity contribution in [1.82, 2.24) is 5.06 Å². The van der Waals surface area contributed by atoms with Crippen LogP contribution >= 0.6 is 11.3 Å². The van der Waals surface area contributed by atoms with Crippen LogP contribution in [0.4, 0.5) is 13.2 Å². The number of hydroxylamine groups is 2. The van der Waals surface area contributed by atoms with Gasteiger partial charge < -0.3 is 10.6 Å². The van der Waals surface area contributed by atoms with Crippen molar-refractivity contribution in [3.8, 4) is 10.4 Å². The number of amidine groups is 1. The molecule has 132 valence electrons. The monoisotopic (exact) mass is 367 g/mol. The fourth-order valence-corrected chi connectivity index (χ4v) is 4.77. The summed E-state index contributed by atoms with van der Waals surface area (Å²) >= 11 is 1.51. The molecule has 0 fully saturated rings. The van der Waals surface area contributed by atoms with Gasteiger partial charge in [-0.3, -0.25) is 0 Å². The minimum absolute atomic E-state index is 0.113. The molecule has 1 unspecified atom stereocenters. The lowest BCUT2D eigenvalue weighted by Crippen LogP contribution is -2.40. The van der Waals surface area contributed by atoms with E-state index in [4.69, 9.17) is 10.6 Å². The van der Waals surface area contributed by atoms with E-state index in [0.717, 1.165) is 40.6 Å². The molecular weight excluding hydrogens is 351 g/mol. The van der Waals surface area contributed by atoms with E-state index < -0.39 is 17.4 Å². The molecule has 0 bridgehead atoms. The first-order chi connectivity index (χ1) is 11.8. The number of thiophene rings is 1. The maximum absolute atomic E-state index is 13.0. The van der Waals surface area contributed by atoms with E-state index in [1.165, 1.54) is 23.5 Å². The van der Waals surface area contributed by atoms with Crippen molar-refractivity contribution >= 4 is 17.4 Å². The quantitative estimate of drug-likeness (QED) is 0.825. The van der Waals surface area contributed by atoms with E-state index in [1.807, 2.05) is 6.07 Å². The average molecular weight is 367 g/mol. The summed E-state index contributed by atoms with van der Waals surface area (Å²) in [5, 5.41) is 1.64. The van der Waals surface area contributed by atoms with Crippen LogP contribution in [0, 0.1) is 0 Å². The minimum Gasteiger partial charge on any atom is -0.366 e. The molecule has 1 aromatic carbocycles. The molecule has 2 aliphatic rings. The zero-order chi connectivity index (χ0) is 17.8. The highest BCUT2D eigenvalue weighted by molar-refractivity contribution is 7.15. The summed E-state index contributed by atoms with van der Waals surface area (Å²) < 4.78 is 39.0. The zero-order valence-electron chi connectivity index (χ0n) is 13.4. The second-order valence-corrected chi connectivity index (χ2v) is 7.37. The van der Waals surface area contributed by atoms with Crippen LogP contribution in [0.2, 0.25) is 0 Å². The van der Waals surface area contributed by atoms with Crippen LogP contribution in [-0.4, -0.2) is 18.1 Å². The van der Waals surface area contributed by atoms with Crippen molar-refractivity contribution in [3.05, 3.63) is 46.3 Å². The summed E-state index contributed by atoms with van der Waals surface area (Å²) in [5.41, 5.74) is 5.95. The van der Waals surface area contributed by atoms with Crippen molar-refractivity contribution in [2.45, 2.75) is 31.1 Å². The third-order valence-electron chi connectivity index (χ3n) is 4.69. The molecule has 8 heteroatoms. The van der Waals surface area contributed by atoms with Gasteiger partial charge in [0.2, 0.25) is 0 Å². The number of aliphatic imine (C=N–C) groups is 1. The van der Waals surface area contributed by atoms with Gasteiger partial charge in [0.1, 0.15) is 0 Å². The van der Waals surface area contributed by atoms with Crippen LogP contribution in [0.25, 0.3) is 10.4 Å². The summed E-state index contributed by atoms with van der Waals surface area (Å²) in [6.45, 7) is 0. The minimum atomic E-state index is -4.35. The molecule has 1 aliphatic carbocycles. The Labute approximate surface area is 146 Å². The molecule has 4 nitrogen and oxygen atoms in total. The van der Waals surface area contributed by atoms with Gasteiger partial charge in [0.25, 0.3) is 0 Å². The average Bonchev–Trinajstić information content (AvgIpc) is 3.10. The molecule has 0 saturated carbocycles. The van der Waals surface area contributed by atoms with Crippen molar-refractivity contribution < 1.29 is 18.0 Å². The smallest absolute Gasteiger partial charge is 0.366 e. The highest BCUT2D eigenvalue weighted by Gasteiger charge is 2.47. The number of alkyl halides is 3. The normalized spacial score (nSPS) is 23.4. The summed E-state index contributed by atoms with van der Waals surface area (Å²) in [4.78, 5) is 11.8. The first-order valence-electron chi connectivity index (χ1n) is 7.87. The number of nitrogens with zero attached hydrogens (tertiary/aromatic N) is 2. The van der Waals surface area contributed by atoms with Crippen LogP contribution in [0.15, 0.2) is 35.3 Å². The number of benzene rings is 1. The molecule has 25 heavy (non-hydrogen) atoms. The second kappa shape index (κ2) is 5.47. The summed E-state index contributed by atoms with van der Waals surface area (Å²) in [5.74, 6) is 0. The summed E-state index contributed by atoms with van der Waals surface area (Å²) in [6, 6.07) is 7.45. The van der Waals surface area contributed by atoms with Gasteiger partial charge in [-0.2, -0.15) is 13.2 Å². The number of nitrogens with two attached hydrogens (primary N) is 1. The van der Waals surface area contributed by atoms with Gasteiger partial charge in [-0.15, -0.1) is 16.4 Å². The van der Waals surface area contributed by atoms with Gasteiger partial charge in [0, 0.05) is 22.4 Å². The number of hydrogen-bond donors (Lipinski definition) is 1. The topological polar surface area (TPSA) is 50.9 Å². The summed E-state index contributed by atoms with van der Waals surface area (Å²) in [7, 11) is 1.78. The van der Waals surface area contributed by atoms with Crippen LogP contribution in [-0.2, 0) is 23.1 Å². The Hall–Kier alpha value is -2.06. The molecule has 0 radical (unpaired) electrons. The third-order valence-corrected chi connectivity index (χ3v) is 5.93. The molecule has 1 aliphatic heterocycles. The van der Waals surface area contributed by atoms with Crippen molar-refractivity contribution in [1.29, 1.82) is 0 Å². The molecule has 1 aromatic heterocycles. The Morgan fingerprint density at radius 3 is 2.80 bits per heavy atom. The lowest BCUT2D eigenvalue weighted by atomic mass is 9.87. The molecule has 1 spiro atoms. The standard InChI is InChI=1S/C17H16F3N3OS/c1-23-16(22-15(21)24-23)7-3-6-13-12(16)9-14(25-13)10-4-2-5-11(8-10)17(18,19)20/h2,4-5,8-9H,3,6-7H2,1H3,(H2,21,22). The molecule has 4 rings (SSSR count). The van der Waals surface area contributed by atoms with Crippen LogP contribution in [0.1, 0.15) is 28.8 Å². The Bertz CT molecular complexity index is 861. The highest BCUT2D eigenvalue weighted by atomic mass is 32.1. The van der Waals surface area contributed by atoms with E-state index in [0.29, 0.717) is 5.56 Å². The van der Waals surface area contributed by atoms with Gasteiger partial charge in [-0.05, 0) is 43.0 Å². The Kier molecular flexibility index (Phi) is 3.59. The van der Waals surface area contributed by atoms with Gasteiger partial charge in [-0.25, -0.2) is 4.99 Å². The Morgan fingerprint density at radius 2 is 2.12 bits per heavy atom. The number of aryl methyl sites for hydroxylation is 1. The van der Waals surface area contributed by atoms with E-state index in [9.17, 15) is 13.2 Å². The number of hydrogen-bond acceptors (Lipinski definition) is 5. The molecule has 1 atom stereocenters. The SMILES string of the molecule is CN1OC(N)=NC12CCCc1sc(-c3cccc(C(F)(F)F)c3)cc12. The number of halogens is 3. The van der Waals surface area contributed by atoms with Crippen LogP contribution < -0.4 is 5.73 Å². The lowest BCUT2D eigenvalue weighted by Gasteiger charge is -2.34. The molecule has 0 amide bonds. The van der Waals surface area contributed by atoms with Crippen molar-refractivity contribution in [2.24, 2.45) is 10.7 Å². The van der Waals surface area contributed by atoms with Crippen molar-refractivity contribution in [3.63, 3.8) is 0 Å². The first kappa shape index (κ1) is 16.4. The first-order valence-corrected chi connectivity index (χ1v) is 8.69. The summed E-state index contributed by atoms with van der Waals surface area (Å²) in [6.07, 6.45) is -1.80. The number of rotatable bonds is 1. The van der Waals surface area contributed by atoms with E-state index in [2.05, 4.69) is 4.99 Å². The largest absolute Gasteiger partial charge is 0.416 e. The molecule has 2 N–H and O–H groups in total. The van der Waals surface area contributed by atoms with Crippen LogP contribution in [0.3, 0.4) is 0 Å². The predicted octanol–water partition coefficient (Wildman–Crippen LogP) is 4.11. The van der Waals surface area contributed by atoms with E-state index >= 15 is 0 Å². The molecule has 2 heterocycles. The van der Waals surface area contributed by atoms with Crippen molar-refractivity contribution in [2.75, 3.05) is 7.05 Å². The fraction of sp³-hybridized carbons (Fsp3) is 0.353. The molecule has 2 aromatic rings. The third kappa shape index (κ3) is 2.60. The van der Waals surface area contributed by atoms with Crippen LogP contribution in [0.5, 0.6) is 0 Å². The maximum Gasteiger partial charge on any atom is 0.416 e. The predicted molar refractivity (Wildman–Crippen MR) is 89.8 cm³/mol. The number of fused-ring (bicyclic) bond motifs is 2. The fourth-order valence-electron chi connectivity index (χ4n) is 3.51. The van der Waals surface area contributed by atoms with Gasteiger partial charge >= 0.3 is 12.2 Å². The Balaban J connectivity index is 1.80. The Morgan fingerprint density at radius 1 is 1.32 bits per heavy atom. The zero-order valence-corrected chi connectivity index (χ0v) is 14.2. The lowest BCUT2D eigenvalue weighted by molar-refractivity contribution is -0.137.